The van der Waals surface area contributed by atoms with Gasteiger partial charge in [-0.3, -0.25) is 9.69 Å². The number of carbonyl (C=O) groups excluding carboxylic acids is 1. The molecule has 0 radical (unpaired) electrons. The Balaban J connectivity index is 1.60. The molecule has 126 valence electrons. The highest BCUT2D eigenvalue weighted by Gasteiger charge is 2.36. The van der Waals surface area contributed by atoms with Gasteiger partial charge >= 0.3 is 0 Å². The van der Waals surface area contributed by atoms with E-state index in [1.807, 2.05) is 24.3 Å². The number of rotatable bonds is 4. The molecule has 0 bridgehead atoms. The average Bonchev–Trinajstić information content (AvgIpc) is 3.07. The van der Waals surface area contributed by atoms with Crippen LogP contribution in [0, 0.1) is 5.92 Å². The standard InChI is InChI=1S/C18H25BrN2OS/c19-15-8-6-13(7-9-15)18(22)20-12-14-4-3-5-16(23)17(14)21-10-1-2-11-21/h6-9,14,16-17,23H,1-5,10-12H2,(H,20,22). The summed E-state index contributed by atoms with van der Waals surface area (Å²) >= 11 is 8.26. The first-order valence-corrected chi connectivity index (χ1v) is 9.92. The Morgan fingerprint density at radius 3 is 2.57 bits per heavy atom. The van der Waals surface area contributed by atoms with Crippen LogP contribution in [-0.2, 0) is 0 Å². The number of halogens is 1. The smallest absolute Gasteiger partial charge is 0.251 e. The van der Waals surface area contributed by atoms with Crippen molar-refractivity contribution >= 4 is 34.5 Å². The maximum Gasteiger partial charge on any atom is 0.251 e. The third kappa shape index (κ3) is 4.31. The molecule has 1 N–H and O–H groups in total. The summed E-state index contributed by atoms with van der Waals surface area (Å²) < 4.78 is 0.994. The van der Waals surface area contributed by atoms with E-state index >= 15 is 0 Å². The quantitative estimate of drug-likeness (QED) is 0.759. The summed E-state index contributed by atoms with van der Waals surface area (Å²) in [6, 6.07) is 8.05. The first kappa shape index (κ1) is 17.3. The van der Waals surface area contributed by atoms with E-state index in [0.717, 1.165) is 16.6 Å². The average molecular weight is 397 g/mol. The Kier molecular flexibility index (Phi) is 6.05. The van der Waals surface area contributed by atoms with Crippen molar-refractivity contribution < 1.29 is 4.79 Å². The molecule has 1 aromatic rings. The lowest BCUT2D eigenvalue weighted by Gasteiger charge is -2.41. The predicted octanol–water partition coefficient (Wildman–Crippen LogP) is 3.74. The number of hydrogen-bond acceptors (Lipinski definition) is 3. The minimum absolute atomic E-state index is 0.0268. The zero-order chi connectivity index (χ0) is 16.2. The van der Waals surface area contributed by atoms with Gasteiger partial charge in [0.05, 0.1) is 0 Å². The van der Waals surface area contributed by atoms with Crippen LogP contribution in [0.2, 0.25) is 0 Å². The van der Waals surface area contributed by atoms with Gasteiger partial charge < -0.3 is 5.32 Å². The molecule has 1 aliphatic heterocycles. The van der Waals surface area contributed by atoms with Gasteiger partial charge in [-0.1, -0.05) is 22.4 Å². The van der Waals surface area contributed by atoms with Gasteiger partial charge in [-0.05, 0) is 69.0 Å². The van der Waals surface area contributed by atoms with Crippen molar-refractivity contribution in [3.05, 3.63) is 34.3 Å². The van der Waals surface area contributed by atoms with Crippen molar-refractivity contribution in [1.82, 2.24) is 10.2 Å². The maximum atomic E-state index is 12.3. The number of nitrogens with zero attached hydrogens (tertiary/aromatic N) is 1. The fraction of sp³-hybridized carbons (Fsp3) is 0.611. The van der Waals surface area contributed by atoms with E-state index in [9.17, 15) is 4.79 Å². The van der Waals surface area contributed by atoms with Gasteiger partial charge in [0.1, 0.15) is 0 Å². The van der Waals surface area contributed by atoms with Crippen molar-refractivity contribution in [1.29, 1.82) is 0 Å². The molecule has 2 fully saturated rings. The van der Waals surface area contributed by atoms with E-state index in [-0.39, 0.29) is 5.91 Å². The number of carbonyl (C=O) groups is 1. The highest BCUT2D eigenvalue weighted by atomic mass is 79.9. The van der Waals surface area contributed by atoms with Gasteiger partial charge in [-0.2, -0.15) is 12.6 Å². The fourth-order valence-electron chi connectivity index (χ4n) is 3.98. The number of hydrogen-bond donors (Lipinski definition) is 2. The van der Waals surface area contributed by atoms with E-state index in [1.54, 1.807) is 0 Å². The highest BCUT2D eigenvalue weighted by molar-refractivity contribution is 9.10. The van der Waals surface area contributed by atoms with Crippen molar-refractivity contribution in [3.63, 3.8) is 0 Å². The van der Waals surface area contributed by atoms with Crippen LogP contribution in [0.3, 0.4) is 0 Å². The van der Waals surface area contributed by atoms with Crippen LogP contribution in [0.15, 0.2) is 28.7 Å². The molecular weight excluding hydrogens is 372 g/mol. The molecule has 0 spiro atoms. The number of benzene rings is 1. The molecule has 3 nitrogen and oxygen atoms in total. The SMILES string of the molecule is O=C(NCC1CCCC(S)C1N1CCCC1)c1ccc(Br)cc1. The van der Waals surface area contributed by atoms with Crippen LogP contribution < -0.4 is 5.32 Å². The first-order chi connectivity index (χ1) is 11.1. The first-order valence-electron chi connectivity index (χ1n) is 8.61. The van der Waals surface area contributed by atoms with Gasteiger partial charge in [-0.15, -0.1) is 0 Å². The van der Waals surface area contributed by atoms with Crippen LogP contribution >= 0.6 is 28.6 Å². The molecule has 2 aliphatic rings. The number of likely N-dealkylation sites (tertiary alicyclic amines) is 1. The van der Waals surface area contributed by atoms with Crippen LogP contribution in [0.5, 0.6) is 0 Å². The van der Waals surface area contributed by atoms with Crippen LogP contribution in [0.25, 0.3) is 0 Å². The predicted molar refractivity (Wildman–Crippen MR) is 101 cm³/mol. The van der Waals surface area contributed by atoms with Crippen molar-refractivity contribution in [2.24, 2.45) is 5.92 Å². The molecule has 3 unspecified atom stereocenters. The molecule has 1 saturated heterocycles. The van der Waals surface area contributed by atoms with Gasteiger partial charge in [0, 0.05) is 27.9 Å². The van der Waals surface area contributed by atoms with E-state index in [2.05, 4.69) is 26.1 Å². The van der Waals surface area contributed by atoms with Crippen LogP contribution in [0.4, 0.5) is 0 Å². The summed E-state index contributed by atoms with van der Waals surface area (Å²) in [6.07, 6.45) is 6.21. The van der Waals surface area contributed by atoms with Crippen molar-refractivity contribution in [2.75, 3.05) is 19.6 Å². The molecular formula is C18H25BrN2OS. The molecule has 3 atom stereocenters. The monoisotopic (exact) mass is 396 g/mol. The summed E-state index contributed by atoms with van der Waals surface area (Å²) in [6.45, 7) is 3.14. The molecule has 1 aliphatic carbocycles. The maximum absolute atomic E-state index is 12.3. The Labute approximate surface area is 152 Å². The number of amides is 1. The van der Waals surface area contributed by atoms with E-state index < -0.39 is 0 Å². The molecule has 1 aromatic carbocycles. The topological polar surface area (TPSA) is 32.3 Å². The minimum atomic E-state index is 0.0268. The Hall–Kier alpha value is -0.520. The zero-order valence-electron chi connectivity index (χ0n) is 13.4. The highest BCUT2D eigenvalue weighted by Crippen LogP contribution is 2.33. The minimum Gasteiger partial charge on any atom is -0.352 e. The Morgan fingerprint density at radius 2 is 1.87 bits per heavy atom. The Bertz CT molecular complexity index is 530. The molecule has 1 heterocycles. The number of thiol groups is 1. The van der Waals surface area contributed by atoms with Crippen molar-refractivity contribution in [2.45, 2.75) is 43.4 Å². The van der Waals surface area contributed by atoms with Crippen molar-refractivity contribution in [3.8, 4) is 0 Å². The van der Waals surface area contributed by atoms with E-state index in [4.69, 9.17) is 12.6 Å². The van der Waals surface area contributed by atoms with Gasteiger partial charge in [0.25, 0.3) is 5.91 Å². The van der Waals surface area contributed by atoms with Gasteiger partial charge in [0.15, 0.2) is 0 Å². The molecule has 0 aromatic heterocycles. The molecule has 1 saturated carbocycles. The summed E-state index contributed by atoms with van der Waals surface area (Å²) in [5, 5.41) is 3.59. The molecule has 23 heavy (non-hydrogen) atoms. The second-order valence-electron chi connectivity index (χ2n) is 6.71. The third-order valence-electron chi connectivity index (χ3n) is 5.15. The summed E-state index contributed by atoms with van der Waals surface area (Å²) in [5.74, 6) is 0.544. The van der Waals surface area contributed by atoms with Crippen LogP contribution in [0.1, 0.15) is 42.5 Å². The van der Waals surface area contributed by atoms with E-state index in [0.29, 0.717) is 17.2 Å². The normalized spacial score (nSPS) is 28.7. The lowest BCUT2D eigenvalue weighted by atomic mass is 9.83. The summed E-state index contributed by atoms with van der Waals surface area (Å²) in [5.41, 5.74) is 0.726. The zero-order valence-corrected chi connectivity index (χ0v) is 15.9. The summed E-state index contributed by atoms with van der Waals surface area (Å²) in [4.78, 5) is 15.0. The second-order valence-corrected chi connectivity index (χ2v) is 8.29. The largest absolute Gasteiger partial charge is 0.352 e. The van der Waals surface area contributed by atoms with Gasteiger partial charge in [0.2, 0.25) is 0 Å². The van der Waals surface area contributed by atoms with E-state index in [1.165, 1.54) is 45.2 Å². The Morgan fingerprint density at radius 1 is 1.17 bits per heavy atom. The lowest BCUT2D eigenvalue weighted by Crippen LogP contribution is -2.50. The van der Waals surface area contributed by atoms with Gasteiger partial charge in [-0.25, -0.2) is 0 Å². The summed E-state index contributed by atoms with van der Waals surface area (Å²) in [7, 11) is 0. The molecule has 1 amide bonds. The second kappa shape index (κ2) is 8.04. The third-order valence-corrected chi connectivity index (χ3v) is 6.24. The fourth-order valence-corrected chi connectivity index (χ4v) is 4.85. The molecule has 3 rings (SSSR count). The molecule has 5 heteroatoms. The van der Waals surface area contributed by atoms with Crippen LogP contribution in [-0.4, -0.2) is 41.7 Å². The number of nitrogens with one attached hydrogen (secondary N) is 1. The lowest BCUT2D eigenvalue weighted by molar-refractivity contribution is 0.0909.